The van der Waals surface area contributed by atoms with Crippen LogP contribution in [0.4, 0.5) is 11.6 Å². The molecule has 0 aliphatic carbocycles. The van der Waals surface area contributed by atoms with E-state index >= 15 is 0 Å². The molecule has 1 aliphatic heterocycles. The van der Waals surface area contributed by atoms with Crippen LogP contribution in [0.1, 0.15) is 39.3 Å². The molecule has 0 amide bonds. The van der Waals surface area contributed by atoms with E-state index in [-0.39, 0.29) is 11.3 Å². The zero-order valence-corrected chi connectivity index (χ0v) is 18.9. The molecular weight excluding hydrogens is 400 g/mol. The number of hydrogen-bond donors (Lipinski definition) is 1. The number of imidazole rings is 1. The quantitative estimate of drug-likeness (QED) is 0.622. The van der Waals surface area contributed by atoms with E-state index in [1.807, 2.05) is 16.8 Å². The Morgan fingerprint density at radius 1 is 1.17 bits per heavy atom. The highest BCUT2D eigenvalue weighted by molar-refractivity contribution is 6.28. The SMILES string of the molecule is CC(C)n1cnc2c(NCc3cccnc3N3C[C@@H](C)N(C)[C@@H](C)C3)nc(Cl)nc21. The van der Waals surface area contributed by atoms with Crippen LogP contribution in [-0.2, 0) is 6.54 Å². The van der Waals surface area contributed by atoms with E-state index < -0.39 is 0 Å². The molecule has 1 N–H and O–H groups in total. The van der Waals surface area contributed by atoms with Gasteiger partial charge in [-0.25, -0.2) is 9.97 Å². The number of aromatic nitrogens is 5. The molecule has 0 bridgehead atoms. The van der Waals surface area contributed by atoms with Gasteiger partial charge >= 0.3 is 0 Å². The lowest BCUT2D eigenvalue weighted by Crippen LogP contribution is -2.55. The zero-order valence-electron chi connectivity index (χ0n) is 18.2. The molecule has 2 atom stereocenters. The highest BCUT2D eigenvalue weighted by Gasteiger charge is 2.28. The number of fused-ring (bicyclic) bond motifs is 1. The van der Waals surface area contributed by atoms with E-state index in [1.165, 1.54) is 0 Å². The third-order valence-corrected chi connectivity index (χ3v) is 6.09. The Bertz CT molecular complexity index is 1020. The zero-order chi connectivity index (χ0) is 21.4. The molecule has 0 unspecified atom stereocenters. The van der Waals surface area contributed by atoms with Crippen LogP contribution < -0.4 is 10.2 Å². The van der Waals surface area contributed by atoms with Gasteiger partial charge in [-0.05, 0) is 52.4 Å². The average molecular weight is 429 g/mol. The molecule has 4 heterocycles. The summed E-state index contributed by atoms with van der Waals surface area (Å²) in [5.74, 6) is 1.65. The van der Waals surface area contributed by atoms with E-state index in [0.717, 1.165) is 35.6 Å². The van der Waals surface area contributed by atoms with Crippen LogP contribution >= 0.6 is 11.6 Å². The molecule has 1 fully saturated rings. The second kappa shape index (κ2) is 8.35. The molecule has 3 aromatic heterocycles. The van der Waals surface area contributed by atoms with Crippen molar-refractivity contribution in [3.05, 3.63) is 35.5 Å². The normalized spacial score (nSPS) is 20.3. The summed E-state index contributed by atoms with van der Waals surface area (Å²) in [4.78, 5) is 22.8. The van der Waals surface area contributed by atoms with Crippen molar-refractivity contribution in [1.29, 1.82) is 0 Å². The summed E-state index contributed by atoms with van der Waals surface area (Å²) in [5, 5.41) is 3.63. The minimum Gasteiger partial charge on any atom is -0.364 e. The third-order valence-electron chi connectivity index (χ3n) is 5.92. The highest BCUT2D eigenvalue weighted by Crippen LogP contribution is 2.26. The van der Waals surface area contributed by atoms with Gasteiger partial charge in [0, 0.05) is 49.5 Å². The van der Waals surface area contributed by atoms with Gasteiger partial charge in [-0.2, -0.15) is 9.97 Å². The first kappa shape index (κ1) is 20.8. The maximum Gasteiger partial charge on any atom is 0.226 e. The van der Waals surface area contributed by atoms with Gasteiger partial charge in [0.05, 0.1) is 6.33 Å². The van der Waals surface area contributed by atoms with E-state index in [9.17, 15) is 0 Å². The summed E-state index contributed by atoms with van der Waals surface area (Å²) in [6.07, 6.45) is 3.64. The van der Waals surface area contributed by atoms with Crippen LogP contribution in [0.2, 0.25) is 5.28 Å². The first-order valence-electron chi connectivity index (χ1n) is 10.4. The Labute approximate surface area is 182 Å². The summed E-state index contributed by atoms with van der Waals surface area (Å²) in [6, 6.07) is 5.25. The summed E-state index contributed by atoms with van der Waals surface area (Å²) in [5.41, 5.74) is 2.58. The van der Waals surface area contributed by atoms with Crippen LogP contribution in [-0.4, -0.2) is 61.6 Å². The fourth-order valence-electron chi connectivity index (χ4n) is 4.00. The number of nitrogens with one attached hydrogen (secondary N) is 1. The van der Waals surface area contributed by atoms with Crippen molar-refractivity contribution < 1.29 is 0 Å². The molecule has 3 aromatic rings. The summed E-state index contributed by atoms with van der Waals surface area (Å²) in [7, 11) is 2.19. The maximum absolute atomic E-state index is 6.21. The Morgan fingerprint density at radius 3 is 2.60 bits per heavy atom. The third kappa shape index (κ3) is 3.94. The highest BCUT2D eigenvalue weighted by atomic mass is 35.5. The van der Waals surface area contributed by atoms with Crippen LogP contribution in [0.25, 0.3) is 11.2 Å². The van der Waals surface area contributed by atoms with Crippen LogP contribution in [0.3, 0.4) is 0 Å². The number of pyridine rings is 1. The molecule has 0 saturated carbocycles. The van der Waals surface area contributed by atoms with Crippen LogP contribution in [0, 0.1) is 0 Å². The first-order chi connectivity index (χ1) is 14.3. The molecule has 0 aromatic carbocycles. The lowest BCUT2D eigenvalue weighted by Gasteiger charge is -2.43. The van der Waals surface area contributed by atoms with Gasteiger partial charge in [0.1, 0.15) is 5.82 Å². The Balaban J connectivity index is 1.60. The van der Waals surface area contributed by atoms with E-state index in [4.69, 9.17) is 16.6 Å². The Hall–Kier alpha value is -2.45. The summed E-state index contributed by atoms with van der Waals surface area (Å²) in [6.45, 7) is 11.2. The van der Waals surface area contributed by atoms with E-state index in [2.05, 4.69) is 70.9 Å². The van der Waals surface area contributed by atoms with Crippen molar-refractivity contribution in [2.75, 3.05) is 30.4 Å². The number of nitrogens with zero attached hydrogens (tertiary/aromatic N) is 7. The molecule has 9 heteroatoms. The van der Waals surface area contributed by atoms with Gasteiger partial charge < -0.3 is 14.8 Å². The molecule has 30 heavy (non-hydrogen) atoms. The van der Waals surface area contributed by atoms with Gasteiger partial charge in [-0.3, -0.25) is 4.90 Å². The molecule has 8 nitrogen and oxygen atoms in total. The van der Waals surface area contributed by atoms with Gasteiger partial charge in [0.2, 0.25) is 5.28 Å². The predicted molar refractivity (Wildman–Crippen MR) is 121 cm³/mol. The van der Waals surface area contributed by atoms with Crippen molar-refractivity contribution in [2.45, 2.75) is 52.4 Å². The van der Waals surface area contributed by atoms with Gasteiger partial charge in [0.15, 0.2) is 17.0 Å². The van der Waals surface area contributed by atoms with Crippen molar-refractivity contribution >= 4 is 34.4 Å². The van der Waals surface area contributed by atoms with Gasteiger partial charge in [-0.15, -0.1) is 0 Å². The number of anilines is 2. The lowest BCUT2D eigenvalue weighted by atomic mass is 10.1. The maximum atomic E-state index is 6.21. The second-order valence-electron chi connectivity index (χ2n) is 8.37. The van der Waals surface area contributed by atoms with Gasteiger partial charge in [-0.1, -0.05) is 6.07 Å². The standard InChI is InChI=1S/C21H29ClN8/c1-13(2)30-12-25-17-18(26-21(22)27-20(17)30)24-9-16-7-6-8-23-19(16)29-10-14(3)28(5)15(4)11-29/h6-8,12-15H,9-11H2,1-5H3,(H,24,26,27)/t14-,15+. The first-order valence-corrected chi connectivity index (χ1v) is 10.8. The molecule has 4 rings (SSSR count). The second-order valence-corrected chi connectivity index (χ2v) is 8.71. The van der Waals surface area contributed by atoms with E-state index in [1.54, 1.807) is 6.33 Å². The van der Waals surface area contributed by atoms with E-state index in [0.29, 0.717) is 24.4 Å². The van der Waals surface area contributed by atoms with Crippen molar-refractivity contribution in [2.24, 2.45) is 0 Å². The minimum absolute atomic E-state index is 0.209. The van der Waals surface area contributed by atoms with Crippen molar-refractivity contribution in [1.82, 2.24) is 29.4 Å². The summed E-state index contributed by atoms with van der Waals surface area (Å²) < 4.78 is 2.00. The largest absolute Gasteiger partial charge is 0.364 e. The molecule has 0 spiro atoms. The smallest absolute Gasteiger partial charge is 0.226 e. The minimum atomic E-state index is 0.209. The number of rotatable bonds is 5. The summed E-state index contributed by atoms with van der Waals surface area (Å²) >= 11 is 6.21. The molecule has 1 saturated heterocycles. The average Bonchev–Trinajstić information content (AvgIpc) is 3.14. The molecule has 1 aliphatic rings. The fraction of sp³-hybridized carbons (Fsp3) is 0.524. The Morgan fingerprint density at radius 2 is 1.90 bits per heavy atom. The van der Waals surface area contributed by atoms with Crippen molar-refractivity contribution in [3.8, 4) is 0 Å². The topological polar surface area (TPSA) is 75.0 Å². The Kier molecular flexibility index (Phi) is 5.79. The molecule has 0 radical (unpaired) electrons. The van der Waals surface area contributed by atoms with Gasteiger partial charge in [0.25, 0.3) is 0 Å². The predicted octanol–water partition coefficient (Wildman–Crippen LogP) is 3.60. The van der Waals surface area contributed by atoms with Crippen molar-refractivity contribution in [3.63, 3.8) is 0 Å². The van der Waals surface area contributed by atoms with Crippen LogP contribution in [0.15, 0.2) is 24.7 Å². The number of hydrogen-bond acceptors (Lipinski definition) is 7. The lowest BCUT2D eigenvalue weighted by molar-refractivity contribution is 0.169. The molecular formula is C21H29ClN8. The van der Waals surface area contributed by atoms with Crippen LogP contribution in [0.5, 0.6) is 0 Å². The fourth-order valence-corrected chi connectivity index (χ4v) is 4.17. The number of likely N-dealkylation sites (N-methyl/N-ethyl adjacent to an activating group) is 1. The molecule has 160 valence electrons. The number of halogens is 1. The number of piperazine rings is 1. The monoisotopic (exact) mass is 428 g/mol.